The number of thioether (sulfide) groups is 1. The molecule has 0 fully saturated rings. The van der Waals surface area contributed by atoms with Gasteiger partial charge in [-0.2, -0.15) is 5.26 Å². The molecule has 0 aliphatic carbocycles. The molecule has 0 spiro atoms. The van der Waals surface area contributed by atoms with Crippen LogP contribution in [0.5, 0.6) is 23.0 Å². The lowest BCUT2D eigenvalue weighted by Gasteiger charge is -2.13. The van der Waals surface area contributed by atoms with Crippen molar-refractivity contribution in [1.29, 1.82) is 5.26 Å². The lowest BCUT2D eigenvalue weighted by molar-refractivity contribution is -0.131. The SMILES string of the molecule is CCOc1cc(/C=C(\Sc2nnc(-c3cc(OC)cc(OC)c3)o2)C(=O)O)ccc1OCc1ccccc1C#N. The number of hydrogen-bond acceptors (Lipinski definition) is 10. The highest BCUT2D eigenvalue weighted by Crippen LogP contribution is 2.35. The normalized spacial score (nSPS) is 11.0. The Morgan fingerprint density at radius 2 is 1.77 bits per heavy atom. The number of ether oxygens (including phenoxy) is 4. The zero-order valence-electron chi connectivity index (χ0n) is 21.9. The summed E-state index contributed by atoms with van der Waals surface area (Å²) in [5, 5.41) is 27.2. The lowest BCUT2D eigenvalue weighted by Crippen LogP contribution is -2.02. The van der Waals surface area contributed by atoms with E-state index in [1.54, 1.807) is 48.5 Å². The van der Waals surface area contributed by atoms with Gasteiger partial charge in [-0.1, -0.05) is 24.3 Å². The van der Waals surface area contributed by atoms with Gasteiger partial charge in [0.2, 0.25) is 5.89 Å². The molecule has 1 N–H and O–H groups in total. The van der Waals surface area contributed by atoms with Crippen LogP contribution in [0.3, 0.4) is 0 Å². The fraction of sp³-hybridized carbons (Fsp3) is 0.172. The Bertz CT molecular complexity index is 1550. The minimum atomic E-state index is -1.17. The van der Waals surface area contributed by atoms with E-state index in [4.69, 9.17) is 23.4 Å². The highest BCUT2D eigenvalue weighted by molar-refractivity contribution is 8.03. The molecular formula is C29H25N3O7S. The van der Waals surface area contributed by atoms with Gasteiger partial charge in [0, 0.05) is 17.2 Å². The Morgan fingerprint density at radius 3 is 2.45 bits per heavy atom. The summed E-state index contributed by atoms with van der Waals surface area (Å²) >= 11 is 0.818. The molecule has 1 aromatic heterocycles. The summed E-state index contributed by atoms with van der Waals surface area (Å²) in [5.41, 5.74) is 2.39. The molecule has 0 bridgehead atoms. The molecule has 0 aliphatic rings. The van der Waals surface area contributed by atoms with Gasteiger partial charge >= 0.3 is 5.97 Å². The molecule has 204 valence electrons. The topological polar surface area (TPSA) is 137 Å². The molecule has 11 heteroatoms. The summed E-state index contributed by atoms with van der Waals surface area (Å²) in [4.78, 5) is 12.0. The molecule has 1 heterocycles. The van der Waals surface area contributed by atoms with E-state index in [0.717, 1.165) is 17.3 Å². The highest BCUT2D eigenvalue weighted by atomic mass is 32.2. The smallest absolute Gasteiger partial charge is 0.342 e. The molecule has 0 aliphatic heterocycles. The number of methoxy groups -OCH3 is 2. The molecule has 40 heavy (non-hydrogen) atoms. The van der Waals surface area contributed by atoms with Gasteiger partial charge in [-0.15, -0.1) is 10.2 Å². The predicted molar refractivity (Wildman–Crippen MR) is 147 cm³/mol. The van der Waals surface area contributed by atoms with Crippen molar-refractivity contribution >= 4 is 23.8 Å². The molecule has 0 saturated heterocycles. The first-order valence-corrected chi connectivity index (χ1v) is 12.8. The quantitative estimate of drug-likeness (QED) is 0.166. The number of carbonyl (C=O) groups is 1. The lowest BCUT2D eigenvalue weighted by atomic mass is 10.1. The maximum Gasteiger partial charge on any atom is 0.342 e. The molecular weight excluding hydrogens is 534 g/mol. The van der Waals surface area contributed by atoms with Crippen molar-refractivity contribution < 1.29 is 33.3 Å². The van der Waals surface area contributed by atoms with Gasteiger partial charge in [-0.3, -0.25) is 0 Å². The number of nitrogens with zero attached hydrogens (tertiary/aromatic N) is 3. The van der Waals surface area contributed by atoms with Gasteiger partial charge in [-0.05, 0) is 60.7 Å². The molecule has 10 nitrogen and oxygen atoms in total. The number of carboxylic acids is 1. The standard InChI is InChI=1S/C29H25N3O7S/c1-4-37-25-11-18(9-10-24(25)38-17-20-8-6-5-7-19(20)16-30)12-26(28(33)34)40-29-32-31-27(39-29)21-13-22(35-2)15-23(14-21)36-3/h5-15H,4,17H2,1-3H3,(H,33,34)/b26-12-. The number of nitriles is 1. The van der Waals surface area contributed by atoms with Crippen LogP contribution in [-0.4, -0.2) is 42.1 Å². The number of benzene rings is 3. The Hall–Kier alpha value is -4.95. The number of hydrogen-bond donors (Lipinski definition) is 1. The molecule has 0 saturated carbocycles. The molecule has 0 unspecified atom stereocenters. The first-order valence-electron chi connectivity index (χ1n) is 12.0. The fourth-order valence-corrected chi connectivity index (χ4v) is 4.26. The first-order chi connectivity index (χ1) is 19.4. The molecule has 3 aromatic carbocycles. The molecule has 0 radical (unpaired) electrons. The second kappa shape index (κ2) is 13.2. The largest absolute Gasteiger partial charge is 0.497 e. The maximum absolute atomic E-state index is 12.1. The summed E-state index contributed by atoms with van der Waals surface area (Å²) in [6.07, 6.45) is 1.47. The summed E-state index contributed by atoms with van der Waals surface area (Å²) in [5.74, 6) is 1.00. The van der Waals surface area contributed by atoms with Crippen LogP contribution in [0.2, 0.25) is 0 Å². The van der Waals surface area contributed by atoms with Crippen molar-refractivity contribution in [2.24, 2.45) is 0 Å². The van der Waals surface area contributed by atoms with Crippen molar-refractivity contribution in [3.05, 3.63) is 82.3 Å². The summed E-state index contributed by atoms with van der Waals surface area (Å²) in [6.45, 7) is 2.38. The number of aliphatic carboxylic acids is 1. The average Bonchev–Trinajstić information content (AvgIpc) is 3.45. The van der Waals surface area contributed by atoms with Gasteiger partial charge in [0.05, 0.1) is 32.5 Å². The Labute approximate surface area is 234 Å². The van der Waals surface area contributed by atoms with Crippen molar-refractivity contribution in [3.8, 4) is 40.5 Å². The predicted octanol–water partition coefficient (Wildman–Crippen LogP) is 5.82. The van der Waals surface area contributed by atoms with Crippen LogP contribution in [0, 0.1) is 11.3 Å². The minimum absolute atomic E-state index is 0.0440. The van der Waals surface area contributed by atoms with Crippen LogP contribution >= 0.6 is 11.8 Å². The van der Waals surface area contributed by atoms with E-state index < -0.39 is 5.97 Å². The summed E-state index contributed by atoms with van der Waals surface area (Å²) in [7, 11) is 3.06. The van der Waals surface area contributed by atoms with Gasteiger partial charge in [0.1, 0.15) is 23.0 Å². The summed E-state index contributed by atoms with van der Waals surface area (Å²) in [6, 6.07) is 19.5. The molecule has 0 atom stereocenters. The minimum Gasteiger partial charge on any atom is -0.497 e. The van der Waals surface area contributed by atoms with E-state index in [1.165, 1.54) is 20.3 Å². The second-order valence-corrected chi connectivity index (χ2v) is 9.08. The Morgan fingerprint density at radius 1 is 1.02 bits per heavy atom. The average molecular weight is 560 g/mol. The number of rotatable bonds is 12. The maximum atomic E-state index is 12.1. The highest BCUT2D eigenvalue weighted by Gasteiger charge is 2.18. The molecule has 4 aromatic rings. The third-order valence-corrected chi connectivity index (χ3v) is 6.35. The molecule has 4 rings (SSSR count). The van der Waals surface area contributed by atoms with E-state index in [1.807, 2.05) is 19.1 Å². The third kappa shape index (κ3) is 6.92. The number of carboxylic acid groups (broad SMARTS) is 1. The van der Waals surface area contributed by atoms with Gasteiger partial charge in [0.25, 0.3) is 5.22 Å². The monoisotopic (exact) mass is 559 g/mol. The van der Waals surface area contributed by atoms with Gasteiger partial charge in [0.15, 0.2) is 11.5 Å². The summed E-state index contributed by atoms with van der Waals surface area (Å²) < 4.78 is 27.9. The van der Waals surface area contributed by atoms with E-state index in [9.17, 15) is 15.2 Å². The Kier molecular flexibility index (Phi) is 9.27. The first kappa shape index (κ1) is 28.1. The van der Waals surface area contributed by atoms with Crippen molar-refractivity contribution in [3.63, 3.8) is 0 Å². The number of aromatic nitrogens is 2. The van der Waals surface area contributed by atoms with Crippen molar-refractivity contribution in [1.82, 2.24) is 10.2 Å². The zero-order valence-corrected chi connectivity index (χ0v) is 22.7. The third-order valence-electron chi connectivity index (χ3n) is 5.50. The fourth-order valence-electron chi connectivity index (χ4n) is 3.59. The van der Waals surface area contributed by atoms with Gasteiger partial charge in [-0.25, -0.2) is 4.79 Å². The molecule has 0 amide bonds. The van der Waals surface area contributed by atoms with Crippen LogP contribution in [0.4, 0.5) is 0 Å². The van der Waals surface area contributed by atoms with E-state index in [2.05, 4.69) is 16.3 Å². The van der Waals surface area contributed by atoms with Crippen molar-refractivity contribution in [2.45, 2.75) is 18.8 Å². The van der Waals surface area contributed by atoms with Crippen molar-refractivity contribution in [2.75, 3.05) is 20.8 Å². The van der Waals surface area contributed by atoms with Crippen LogP contribution in [0.1, 0.15) is 23.6 Å². The second-order valence-electron chi connectivity index (χ2n) is 8.09. The van der Waals surface area contributed by atoms with Crippen LogP contribution in [-0.2, 0) is 11.4 Å². The van der Waals surface area contributed by atoms with E-state index in [0.29, 0.717) is 46.3 Å². The van der Waals surface area contributed by atoms with Crippen LogP contribution in [0.25, 0.3) is 17.5 Å². The van der Waals surface area contributed by atoms with Crippen LogP contribution < -0.4 is 18.9 Å². The van der Waals surface area contributed by atoms with E-state index in [-0.39, 0.29) is 22.6 Å². The van der Waals surface area contributed by atoms with Crippen LogP contribution in [0.15, 0.2) is 75.2 Å². The zero-order chi connectivity index (χ0) is 28.5. The van der Waals surface area contributed by atoms with Gasteiger partial charge < -0.3 is 28.5 Å². The van der Waals surface area contributed by atoms with E-state index >= 15 is 0 Å². The Balaban J connectivity index is 1.55.